The second kappa shape index (κ2) is 6.31. The number of fused-ring (bicyclic) bond motifs is 1. The Hall–Kier alpha value is -1.81. The molecule has 3 rings (SSSR count). The van der Waals surface area contributed by atoms with Crippen LogP contribution in [0.5, 0.6) is 0 Å². The maximum atomic E-state index is 6.25. The zero-order valence-corrected chi connectivity index (χ0v) is 12.7. The Morgan fingerprint density at radius 1 is 1.29 bits per heavy atom. The maximum Gasteiger partial charge on any atom is 0.0724 e. The summed E-state index contributed by atoms with van der Waals surface area (Å²) in [6.07, 6.45) is 5.65. The number of rotatable bonds is 4. The van der Waals surface area contributed by atoms with Crippen molar-refractivity contribution in [3.05, 3.63) is 30.5 Å². The minimum absolute atomic E-state index is 0.809. The van der Waals surface area contributed by atoms with Gasteiger partial charge in [0.15, 0.2) is 0 Å². The van der Waals surface area contributed by atoms with Gasteiger partial charge in [0.1, 0.15) is 0 Å². The zero-order valence-electron chi connectivity index (χ0n) is 12.7. The highest BCUT2D eigenvalue weighted by Crippen LogP contribution is 2.28. The van der Waals surface area contributed by atoms with Crippen LogP contribution in [0.2, 0.25) is 0 Å². The quantitative estimate of drug-likeness (QED) is 0.848. The van der Waals surface area contributed by atoms with Gasteiger partial charge in [-0.25, -0.2) is 0 Å². The average molecular weight is 284 g/mol. The summed E-state index contributed by atoms with van der Waals surface area (Å²) in [7, 11) is 2.21. The number of nitrogens with zero attached hydrogens (tertiary/aromatic N) is 2. The Balaban J connectivity index is 1.59. The number of pyridine rings is 1. The van der Waals surface area contributed by atoms with Gasteiger partial charge in [0.05, 0.1) is 16.9 Å². The summed E-state index contributed by atoms with van der Waals surface area (Å²) >= 11 is 0. The molecule has 1 aromatic carbocycles. The monoisotopic (exact) mass is 284 g/mol. The molecule has 112 valence electrons. The van der Waals surface area contributed by atoms with E-state index in [4.69, 9.17) is 5.73 Å². The van der Waals surface area contributed by atoms with Gasteiger partial charge in [-0.3, -0.25) is 4.98 Å². The molecule has 4 heteroatoms. The molecule has 0 atom stereocenters. The summed E-state index contributed by atoms with van der Waals surface area (Å²) in [6, 6.07) is 8.03. The Morgan fingerprint density at radius 2 is 2.10 bits per heavy atom. The molecule has 1 aliphatic rings. The van der Waals surface area contributed by atoms with Gasteiger partial charge in [-0.2, -0.15) is 0 Å². The number of anilines is 2. The molecule has 2 aromatic rings. The van der Waals surface area contributed by atoms with Crippen molar-refractivity contribution in [3.8, 4) is 0 Å². The molecule has 0 saturated carbocycles. The Bertz CT molecular complexity index is 603. The van der Waals surface area contributed by atoms with Crippen molar-refractivity contribution >= 4 is 22.3 Å². The van der Waals surface area contributed by atoms with E-state index in [2.05, 4.69) is 22.2 Å². The third kappa shape index (κ3) is 3.27. The van der Waals surface area contributed by atoms with Gasteiger partial charge >= 0.3 is 0 Å². The van der Waals surface area contributed by atoms with E-state index < -0.39 is 0 Å². The average Bonchev–Trinajstić information content (AvgIpc) is 2.52. The van der Waals surface area contributed by atoms with Crippen molar-refractivity contribution in [2.75, 3.05) is 37.7 Å². The molecule has 3 N–H and O–H groups in total. The summed E-state index contributed by atoms with van der Waals surface area (Å²) < 4.78 is 0. The minimum atomic E-state index is 0.809. The molecule has 4 nitrogen and oxygen atoms in total. The molecule has 0 amide bonds. The van der Waals surface area contributed by atoms with Gasteiger partial charge in [0, 0.05) is 18.1 Å². The van der Waals surface area contributed by atoms with Crippen LogP contribution in [0.15, 0.2) is 30.5 Å². The molecule has 1 aromatic heterocycles. The van der Waals surface area contributed by atoms with Gasteiger partial charge in [0.25, 0.3) is 0 Å². The first-order valence-electron chi connectivity index (χ1n) is 7.79. The third-order valence-corrected chi connectivity index (χ3v) is 4.53. The second-order valence-electron chi connectivity index (χ2n) is 6.06. The van der Waals surface area contributed by atoms with E-state index in [1.165, 1.54) is 32.4 Å². The number of piperidine rings is 1. The maximum absolute atomic E-state index is 6.25. The van der Waals surface area contributed by atoms with Crippen LogP contribution in [-0.4, -0.2) is 36.6 Å². The summed E-state index contributed by atoms with van der Waals surface area (Å²) in [6.45, 7) is 3.45. The highest BCUT2D eigenvalue weighted by Gasteiger charge is 2.16. The van der Waals surface area contributed by atoms with Crippen LogP contribution in [0.1, 0.15) is 19.3 Å². The fraction of sp³-hybridized carbons (Fsp3) is 0.471. The Kier molecular flexibility index (Phi) is 4.25. The number of benzene rings is 1. The molecule has 0 aliphatic carbocycles. The molecule has 1 fully saturated rings. The van der Waals surface area contributed by atoms with Gasteiger partial charge < -0.3 is 16.0 Å². The van der Waals surface area contributed by atoms with Crippen LogP contribution in [0, 0.1) is 5.92 Å². The zero-order chi connectivity index (χ0) is 14.7. The summed E-state index contributed by atoms with van der Waals surface area (Å²) in [5.41, 5.74) is 9.04. The molecular weight excluding hydrogens is 260 g/mol. The first-order chi connectivity index (χ1) is 10.2. The molecule has 1 saturated heterocycles. The normalized spacial score (nSPS) is 17.2. The fourth-order valence-corrected chi connectivity index (χ4v) is 3.09. The lowest BCUT2D eigenvalue weighted by molar-refractivity contribution is 0.215. The van der Waals surface area contributed by atoms with E-state index >= 15 is 0 Å². The van der Waals surface area contributed by atoms with Crippen LogP contribution in [0.3, 0.4) is 0 Å². The molecule has 0 spiro atoms. The minimum Gasteiger partial charge on any atom is -0.397 e. The van der Waals surface area contributed by atoms with Crippen molar-refractivity contribution in [3.63, 3.8) is 0 Å². The van der Waals surface area contributed by atoms with Crippen molar-refractivity contribution in [1.29, 1.82) is 0 Å². The third-order valence-electron chi connectivity index (χ3n) is 4.53. The molecule has 21 heavy (non-hydrogen) atoms. The van der Waals surface area contributed by atoms with Gasteiger partial charge in [-0.1, -0.05) is 0 Å². The van der Waals surface area contributed by atoms with E-state index in [9.17, 15) is 0 Å². The summed E-state index contributed by atoms with van der Waals surface area (Å²) in [5.74, 6) is 0.844. The van der Waals surface area contributed by atoms with Crippen LogP contribution in [0.25, 0.3) is 10.9 Å². The topological polar surface area (TPSA) is 54.2 Å². The summed E-state index contributed by atoms with van der Waals surface area (Å²) in [5, 5.41) is 4.53. The lowest BCUT2D eigenvalue weighted by atomic mass is 9.94. The van der Waals surface area contributed by atoms with Gasteiger partial charge in [-0.05, 0) is 69.6 Å². The van der Waals surface area contributed by atoms with Gasteiger partial charge in [0.2, 0.25) is 0 Å². The number of hydrogen-bond acceptors (Lipinski definition) is 4. The smallest absolute Gasteiger partial charge is 0.0724 e. The second-order valence-corrected chi connectivity index (χ2v) is 6.06. The largest absolute Gasteiger partial charge is 0.397 e. The first kappa shape index (κ1) is 14.1. The molecular formula is C17H24N4. The Morgan fingerprint density at radius 3 is 2.90 bits per heavy atom. The first-order valence-corrected chi connectivity index (χ1v) is 7.79. The predicted molar refractivity (Wildman–Crippen MR) is 89.5 cm³/mol. The van der Waals surface area contributed by atoms with Crippen LogP contribution < -0.4 is 11.1 Å². The van der Waals surface area contributed by atoms with E-state index in [-0.39, 0.29) is 0 Å². The summed E-state index contributed by atoms with van der Waals surface area (Å²) in [4.78, 5) is 6.75. The van der Waals surface area contributed by atoms with Crippen molar-refractivity contribution < 1.29 is 0 Å². The van der Waals surface area contributed by atoms with E-state index in [0.29, 0.717) is 0 Å². The molecule has 0 radical (unpaired) electrons. The van der Waals surface area contributed by atoms with Crippen molar-refractivity contribution in [2.45, 2.75) is 19.3 Å². The number of likely N-dealkylation sites (tertiary alicyclic amines) is 1. The lowest BCUT2D eigenvalue weighted by Crippen LogP contribution is -2.30. The SMILES string of the molecule is CN1CCC(CCNc2ccc3ncccc3c2N)CC1. The molecule has 1 aliphatic heterocycles. The molecule has 0 unspecified atom stereocenters. The van der Waals surface area contributed by atoms with E-state index in [0.717, 1.165) is 34.7 Å². The highest BCUT2D eigenvalue weighted by molar-refractivity contribution is 5.96. The van der Waals surface area contributed by atoms with E-state index in [1.54, 1.807) is 6.20 Å². The number of hydrogen-bond donors (Lipinski definition) is 2. The standard InChI is InChI=1S/C17H24N4/c1-21-11-7-13(8-12-21)6-10-20-16-5-4-15-14(17(16)18)3-2-9-19-15/h2-5,9,13,20H,6-8,10-12,18H2,1H3. The van der Waals surface area contributed by atoms with E-state index in [1.807, 2.05) is 24.3 Å². The molecule has 2 heterocycles. The molecule has 0 bridgehead atoms. The predicted octanol–water partition coefficient (Wildman–Crippen LogP) is 2.96. The van der Waals surface area contributed by atoms with Crippen LogP contribution >= 0.6 is 0 Å². The number of nitrogens with two attached hydrogens (primary N) is 1. The fourth-order valence-electron chi connectivity index (χ4n) is 3.09. The highest BCUT2D eigenvalue weighted by atomic mass is 15.1. The number of nitrogens with one attached hydrogen (secondary N) is 1. The van der Waals surface area contributed by atoms with Crippen LogP contribution in [0.4, 0.5) is 11.4 Å². The number of aromatic nitrogens is 1. The van der Waals surface area contributed by atoms with Gasteiger partial charge in [-0.15, -0.1) is 0 Å². The van der Waals surface area contributed by atoms with Crippen molar-refractivity contribution in [1.82, 2.24) is 9.88 Å². The van der Waals surface area contributed by atoms with Crippen molar-refractivity contribution in [2.24, 2.45) is 5.92 Å². The lowest BCUT2D eigenvalue weighted by Gasteiger charge is -2.29. The number of nitrogen functional groups attached to an aromatic ring is 1. The Labute approximate surface area is 126 Å². The van der Waals surface area contributed by atoms with Crippen LogP contribution in [-0.2, 0) is 0 Å².